The van der Waals surface area contributed by atoms with E-state index in [1.54, 1.807) is 0 Å². The monoisotopic (exact) mass is 365 g/mol. The van der Waals surface area contributed by atoms with Crippen molar-refractivity contribution in [3.05, 3.63) is 36.0 Å². The molecule has 0 unspecified atom stereocenters. The van der Waals surface area contributed by atoms with Crippen molar-refractivity contribution < 1.29 is 22.6 Å². The summed E-state index contributed by atoms with van der Waals surface area (Å²) in [5, 5.41) is 0.121. The van der Waals surface area contributed by atoms with Crippen LogP contribution in [0.25, 0.3) is 10.9 Å². The summed E-state index contributed by atoms with van der Waals surface area (Å²) in [4.78, 5) is 10.1. The predicted octanol–water partition coefficient (Wildman–Crippen LogP) is 3.04. The van der Waals surface area contributed by atoms with Crippen LogP contribution in [0.2, 0.25) is 0 Å². The van der Waals surface area contributed by atoms with Crippen molar-refractivity contribution in [2.45, 2.75) is 24.6 Å². The van der Waals surface area contributed by atoms with E-state index < -0.39 is 23.3 Å². The van der Waals surface area contributed by atoms with Gasteiger partial charge in [0.2, 0.25) is 0 Å². The molecule has 2 aromatic rings. The number of halogens is 3. The zero-order valence-corrected chi connectivity index (χ0v) is 14.3. The number of rotatable bonds is 4. The summed E-state index contributed by atoms with van der Waals surface area (Å²) >= 11 is 0. The van der Waals surface area contributed by atoms with Crippen LogP contribution >= 0.6 is 0 Å². The molecule has 2 saturated heterocycles. The third-order valence-electron chi connectivity index (χ3n) is 5.07. The second kappa shape index (κ2) is 6.12. The van der Waals surface area contributed by atoms with Crippen molar-refractivity contribution in [1.29, 1.82) is 0 Å². The molecule has 1 aromatic carbocycles. The van der Waals surface area contributed by atoms with Gasteiger partial charge in [0.05, 0.1) is 18.0 Å². The lowest BCUT2D eigenvalue weighted by atomic mass is 9.93. The summed E-state index contributed by atoms with van der Waals surface area (Å²) in [6.45, 7) is 5.17. The molecule has 0 amide bonds. The van der Waals surface area contributed by atoms with Gasteiger partial charge in [0, 0.05) is 31.8 Å². The third kappa shape index (κ3) is 2.68. The first-order chi connectivity index (χ1) is 12.4. The van der Waals surface area contributed by atoms with Gasteiger partial charge in [0.15, 0.2) is 17.4 Å². The lowest BCUT2D eigenvalue weighted by molar-refractivity contribution is 0.107. The first kappa shape index (κ1) is 17.1. The zero-order chi connectivity index (χ0) is 18.5. The van der Waals surface area contributed by atoms with Crippen molar-refractivity contribution in [3.8, 4) is 11.8 Å². The molecule has 2 atom stereocenters. The van der Waals surface area contributed by atoms with E-state index in [9.17, 15) is 13.2 Å². The Hall–Kier alpha value is -2.35. The maximum atomic E-state index is 14.1. The van der Waals surface area contributed by atoms with Crippen LogP contribution < -0.4 is 9.47 Å². The molecule has 0 bridgehead atoms. The number of nitrogens with zero attached hydrogens (tertiary/aromatic N) is 3. The first-order valence-corrected chi connectivity index (χ1v) is 8.29. The molecule has 26 heavy (non-hydrogen) atoms. The van der Waals surface area contributed by atoms with Gasteiger partial charge in [-0.25, -0.2) is 18.2 Å². The summed E-state index contributed by atoms with van der Waals surface area (Å²) in [6, 6.07) is 0.670. The van der Waals surface area contributed by atoms with E-state index in [4.69, 9.17) is 9.47 Å². The molecule has 2 aliphatic heterocycles. The summed E-state index contributed by atoms with van der Waals surface area (Å²) in [5.41, 5.74) is 0.479. The van der Waals surface area contributed by atoms with Crippen LogP contribution in [-0.2, 0) is 0 Å². The van der Waals surface area contributed by atoms with E-state index in [2.05, 4.69) is 16.5 Å². The Morgan fingerprint density at radius 1 is 1.38 bits per heavy atom. The highest BCUT2D eigenvalue weighted by molar-refractivity contribution is 5.85. The van der Waals surface area contributed by atoms with Gasteiger partial charge in [-0.3, -0.25) is 4.90 Å². The molecule has 2 fully saturated rings. The van der Waals surface area contributed by atoms with Gasteiger partial charge < -0.3 is 9.47 Å². The van der Waals surface area contributed by atoms with E-state index in [0.717, 1.165) is 5.57 Å². The molecule has 0 N–H and O–H groups in total. The summed E-state index contributed by atoms with van der Waals surface area (Å²) < 4.78 is 52.3. The highest BCUT2D eigenvalue weighted by atomic mass is 19.1. The molecule has 4 rings (SSSR count). The number of methoxy groups -OCH3 is 1. The van der Waals surface area contributed by atoms with Crippen LogP contribution in [0.5, 0.6) is 11.8 Å². The van der Waals surface area contributed by atoms with Crippen LogP contribution in [-0.4, -0.2) is 53.4 Å². The van der Waals surface area contributed by atoms with E-state index >= 15 is 0 Å². The van der Waals surface area contributed by atoms with Crippen LogP contribution in [0.3, 0.4) is 0 Å². The third-order valence-corrected chi connectivity index (χ3v) is 5.07. The van der Waals surface area contributed by atoms with E-state index in [-0.39, 0.29) is 29.3 Å². The Morgan fingerprint density at radius 2 is 2.19 bits per heavy atom. The summed E-state index contributed by atoms with van der Waals surface area (Å²) in [5.74, 6) is -1.78. The predicted molar refractivity (Wildman–Crippen MR) is 89.1 cm³/mol. The number of ether oxygens (including phenoxy) is 2. The van der Waals surface area contributed by atoms with Gasteiger partial charge in [-0.05, 0) is 6.42 Å². The number of hydrogen-bond donors (Lipinski definition) is 0. The largest absolute Gasteiger partial charge is 0.493 e. The highest BCUT2D eigenvalue weighted by Crippen LogP contribution is 2.42. The minimum Gasteiger partial charge on any atom is -0.493 e. The molecular weight excluding hydrogens is 347 g/mol. The minimum absolute atomic E-state index is 0.0424. The van der Waals surface area contributed by atoms with Gasteiger partial charge in [0.25, 0.3) is 0 Å². The van der Waals surface area contributed by atoms with E-state index in [1.807, 2.05) is 4.90 Å². The fourth-order valence-electron chi connectivity index (χ4n) is 4.01. The van der Waals surface area contributed by atoms with Gasteiger partial charge in [-0.2, -0.15) is 4.98 Å². The van der Waals surface area contributed by atoms with Gasteiger partial charge in [-0.1, -0.05) is 12.2 Å². The van der Waals surface area contributed by atoms with Gasteiger partial charge in [0.1, 0.15) is 18.3 Å². The number of benzene rings is 1. The van der Waals surface area contributed by atoms with Crippen molar-refractivity contribution in [2.75, 3.05) is 26.8 Å². The first-order valence-electron chi connectivity index (χ1n) is 8.29. The minimum atomic E-state index is -0.908. The fourth-order valence-corrected chi connectivity index (χ4v) is 4.01. The summed E-state index contributed by atoms with van der Waals surface area (Å²) in [6.07, 6.45) is 1.36. The standard InChI is InChI=1S/C18H18F3N3O2/c1-10-4-18(5-11(19)8-24(18)7-10)9-26-17-22-6-12-15(23-17)13(20)3-14(21)16(12)25-2/h3,6,11H,1,4-5,7-9H2,2H3/t11-,18+/m0/s1. The molecular formula is C18H18F3N3O2. The molecule has 2 aliphatic rings. The Morgan fingerprint density at radius 3 is 2.96 bits per heavy atom. The lowest BCUT2D eigenvalue weighted by Crippen LogP contribution is -2.43. The van der Waals surface area contributed by atoms with Crippen molar-refractivity contribution >= 4 is 10.9 Å². The molecule has 8 heteroatoms. The second-order valence-electron chi connectivity index (χ2n) is 6.91. The molecule has 0 radical (unpaired) electrons. The number of aromatic nitrogens is 2. The molecule has 0 spiro atoms. The number of fused-ring (bicyclic) bond motifs is 2. The molecule has 138 valence electrons. The van der Waals surface area contributed by atoms with Gasteiger partial charge in [-0.15, -0.1) is 0 Å². The fraction of sp³-hybridized carbons (Fsp3) is 0.444. The van der Waals surface area contributed by atoms with Gasteiger partial charge >= 0.3 is 6.01 Å². The Labute approximate surface area is 148 Å². The smallest absolute Gasteiger partial charge is 0.317 e. The molecule has 0 aliphatic carbocycles. The van der Waals surface area contributed by atoms with Crippen LogP contribution in [0.1, 0.15) is 12.8 Å². The van der Waals surface area contributed by atoms with Crippen molar-refractivity contribution in [2.24, 2.45) is 0 Å². The summed E-state index contributed by atoms with van der Waals surface area (Å²) in [7, 11) is 1.29. The van der Waals surface area contributed by atoms with Crippen LogP contribution in [0.15, 0.2) is 24.4 Å². The molecule has 3 heterocycles. The normalized spacial score (nSPS) is 25.7. The average Bonchev–Trinajstić information content (AvgIpc) is 3.04. The van der Waals surface area contributed by atoms with E-state index in [1.165, 1.54) is 13.3 Å². The Bertz CT molecular complexity index is 892. The lowest BCUT2D eigenvalue weighted by Gasteiger charge is -2.30. The highest BCUT2D eigenvalue weighted by Gasteiger charge is 2.50. The SMILES string of the molecule is C=C1CN2C[C@@H](F)C[C@@]2(COc2ncc3c(OC)c(F)cc(F)c3n2)C1. The molecule has 1 aromatic heterocycles. The topological polar surface area (TPSA) is 47.5 Å². The Kier molecular flexibility index (Phi) is 4.02. The van der Waals surface area contributed by atoms with Crippen molar-refractivity contribution in [1.82, 2.24) is 14.9 Å². The Balaban J connectivity index is 1.61. The zero-order valence-electron chi connectivity index (χ0n) is 14.3. The van der Waals surface area contributed by atoms with E-state index in [0.29, 0.717) is 32.0 Å². The van der Waals surface area contributed by atoms with Crippen LogP contribution in [0.4, 0.5) is 13.2 Å². The molecule has 0 saturated carbocycles. The second-order valence-corrected chi connectivity index (χ2v) is 6.91. The maximum Gasteiger partial charge on any atom is 0.317 e. The number of alkyl halides is 1. The average molecular weight is 365 g/mol. The van der Waals surface area contributed by atoms with Crippen molar-refractivity contribution in [3.63, 3.8) is 0 Å². The maximum absolute atomic E-state index is 14.1. The molecule has 5 nitrogen and oxygen atoms in total. The quantitative estimate of drug-likeness (QED) is 0.780. The van der Waals surface area contributed by atoms with Crippen LogP contribution in [0, 0.1) is 11.6 Å². The number of hydrogen-bond acceptors (Lipinski definition) is 5.